The largest absolute Gasteiger partial charge is 0.448 e. The Morgan fingerprint density at radius 3 is 2.52 bits per heavy atom. The van der Waals surface area contributed by atoms with Crippen LogP contribution in [0.3, 0.4) is 0 Å². The first-order valence-electron chi connectivity index (χ1n) is 9.67. The Bertz CT molecular complexity index is 996. The number of amides is 1. The highest BCUT2D eigenvalue weighted by Crippen LogP contribution is 2.47. The van der Waals surface area contributed by atoms with Crippen LogP contribution < -0.4 is 19.5 Å². The Morgan fingerprint density at radius 1 is 1.14 bits per heavy atom. The number of nitrogens with one attached hydrogen (secondary N) is 2. The van der Waals surface area contributed by atoms with Gasteiger partial charge in [0.2, 0.25) is 5.91 Å². The molecule has 0 bridgehead atoms. The minimum atomic E-state index is -3.76. The smallest absolute Gasteiger partial charge is 0.251 e. The lowest BCUT2D eigenvalue weighted by Gasteiger charge is -2.21. The normalized spacial score (nSPS) is 18.3. The van der Waals surface area contributed by atoms with E-state index in [-0.39, 0.29) is 10.1 Å². The second-order valence-electron chi connectivity index (χ2n) is 7.75. The van der Waals surface area contributed by atoms with Crippen molar-refractivity contribution in [2.45, 2.75) is 55.6 Å². The molecule has 7 nitrogen and oxygen atoms in total. The Kier molecular flexibility index (Phi) is 5.30. The number of carbonyl (C=O) groups excluding carboxylic acids is 1. The molecule has 156 valence electrons. The van der Waals surface area contributed by atoms with Crippen molar-refractivity contribution in [2.24, 2.45) is 5.92 Å². The van der Waals surface area contributed by atoms with Gasteiger partial charge in [-0.25, -0.2) is 8.42 Å². The van der Waals surface area contributed by atoms with Crippen LogP contribution in [-0.2, 0) is 14.8 Å². The zero-order valence-corrected chi connectivity index (χ0v) is 17.9. The zero-order chi connectivity index (χ0) is 20.6. The molecule has 0 unspecified atom stereocenters. The molecule has 2 aromatic rings. The summed E-state index contributed by atoms with van der Waals surface area (Å²) in [4.78, 5) is 12.8. The van der Waals surface area contributed by atoms with Crippen molar-refractivity contribution < 1.29 is 22.7 Å². The summed E-state index contributed by atoms with van der Waals surface area (Å²) in [5.74, 6) is 0.0469. The standard InChI is InChI=1S/C20H24N2O5S2/c1-13(2)18(22-29(24,25)17-6-5-11-28-17)19(23)21-14-7-8-15-16(12-14)27-20(26-15)9-3-4-10-20/h5-8,11-13,18,22H,3-4,9-10H2,1-2H3,(H,21,23)/t18-/m1/s1. The summed E-state index contributed by atoms with van der Waals surface area (Å²) in [5.41, 5.74) is 0.536. The number of fused-ring (bicyclic) bond motifs is 1. The highest BCUT2D eigenvalue weighted by Gasteiger charge is 2.44. The monoisotopic (exact) mass is 436 g/mol. The van der Waals surface area contributed by atoms with Crippen molar-refractivity contribution in [2.75, 3.05) is 5.32 Å². The molecule has 2 heterocycles. The summed E-state index contributed by atoms with van der Waals surface area (Å²) in [7, 11) is -3.76. The molecule has 1 saturated carbocycles. The molecule has 1 aliphatic heterocycles. The Morgan fingerprint density at radius 2 is 1.86 bits per heavy atom. The Balaban J connectivity index is 1.48. The third-order valence-corrected chi connectivity index (χ3v) is 8.00. The lowest BCUT2D eigenvalue weighted by molar-refractivity contribution is -0.118. The first kappa shape index (κ1) is 20.2. The molecule has 0 radical (unpaired) electrons. The van der Waals surface area contributed by atoms with Crippen LogP contribution >= 0.6 is 11.3 Å². The third-order valence-electron chi connectivity index (χ3n) is 5.16. The Hall–Kier alpha value is -2.10. The van der Waals surface area contributed by atoms with Gasteiger partial charge < -0.3 is 14.8 Å². The molecular formula is C20H24N2O5S2. The van der Waals surface area contributed by atoms with Gasteiger partial charge in [-0.15, -0.1) is 11.3 Å². The van der Waals surface area contributed by atoms with Gasteiger partial charge in [-0.2, -0.15) is 4.72 Å². The van der Waals surface area contributed by atoms with Gasteiger partial charge in [0.15, 0.2) is 11.5 Å². The van der Waals surface area contributed by atoms with Crippen molar-refractivity contribution in [1.82, 2.24) is 4.72 Å². The number of carbonyl (C=O) groups is 1. The molecule has 1 aliphatic carbocycles. The molecule has 2 aliphatic rings. The fraction of sp³-hybridized carbons (Fsp3) is 0.450. The maximum absolute atomic E-state index is 12.8. The van der Waals surface area contributed by atoms with Crippen molar-refractivity contribution in [3.05, 3.63) is 35.7 Å². The third kappa shape index (κ3) is 4.12. The predicted molar refractivity (Wildman–Crippen MR) is 111 cm³/mol. The van der Waals surface area contributed by atoms with Gasteiger partial charge in [0.1, 0.15) is 10.3 Å². The molecule has 1 aromatic carbocycles. The SMILES string of the molecule is CC(C)[C@@H](NS(=O)(=O)c1cccs1)C(=O)Nc1ccc2c(c1)OC1(CCCC1)O2. The number of benzene rings is 1. The second kappa shape index (κ2) is 7.62. The van der Waals surface area contributed by atoms with E-state index in [0.29, 0.717) is 17.2 Å². The summed E-state index contributed by atoms with van der Waals surface area (Å²) in [6.45, 7) is 3.59. The molecule has 1 spiro atoms. The highest BCUT2D eigenvalue weighted by atomic mass is 32.2. The molecule has 0 saturated heterocycles. The summed E-state index contributed by atoms with van der Waals surface area (Å²) >= 11 is 1.11. The van der Waals surface area contributed by atoms with Crippen LogP contribution in [0.4, 0.5) is 5.69 Å². The van der Waals surface area contributed by atoms with E-state index in [1.54, 1.807) is 43.5 Å². The molecule has 4 rings (SSSR count). The minimum absolute atomic E-state index is 0.181. The predicted octanol–water partition coefficient (Wildman–Crippen LogP) is 3.73. The van der Waals surface area contributed by atoms with E-state index < -0.39 is 27.8 Å². The summed E-state index contributed by atoms with van der Waals surface area (Å²) in [5, 5.41) is 4.49. The topological polar surface area (TPSA) is 93.7 Å². The van der Waals surface area contributed by atoms with Crippen molar-refractivity contribution in [1.29, 1.82) is 0 Å². The van der Waals surface area contributed by atoms with Gasteiger partial charge in [-0.3, -0.25) is 4.79 Å². The van der Waals surface area contributed by atoms with Gasteiger partial charge in [0.25, 0.3) is 15.8 Å². The number of ether oxygens (including phenoxy) is 2. The van der Waals surface area contributed by atoms with Crippen LogP contribution in [0.25, 0.3) is 0 Å². The molecule has 9 heteroatoms. The number of thiophene rings is 1. The van der Waals surface area contributed by atoms with Gasteiger partial charge >= 0.3 is 0 Å². The number of hydrogen-bond acceptors (Lipinski definition) is 6. The average Bonchev–Trinajstić information content (AvgIpc) is 3.40. The molecule has 2 N–H and O–H groups in total. The number of hydrogen-bond donors (Lipinski definition) is 2. The van der Waals surface area contributed by atoms with E-state index in [1.165, 1.54) is 6.07 Å². The molecule has 1 aromatic heterocycles. The van der Waals surface area contributed by atoms with E-state index in [1.807, 2.05) is 0 Å². The molecule has 1 atom stereocenters. The van der Waals surface area contributed by atoms with E-state index in [0.717, 1.165) is 37.0 Å². The zero-order valence-electron chi connectivity index (χ0n) is 16.3. The molecule has 1 fully saturated rings. The average molecular weight is 437 g/mol. The first-order valence-corrected chi connectivity index (χ1v) is 12.0. The fourth-order valence-electron chi connectivity index (χ4n) is 3.64. The summed E-state index contributed by atoms with van der Waals surface area (Å²) in [6.07, 6.45) is 3.84. The first-order chi connectivity index (χ1) is 13.8. The van der Waals surface area contributed by atoms with Gasteiger partial charge in [0.05, 0.1) is 0 Å². The molecular weight excluding hydrogens is 412 g/mol. The van der Waals surface area contributed by atoms with Crippen LogP contribution in [0.5, 0.6) is 11.5 Å². The second-order valence-corrected chi connectivity index (χ2v) is 10.6. The number of sulfonamides is 1. The lowest BCUT2D eigenvalue weighted by Crippen LogP contribution is -2.46. The quantitative estimate of drug-likeness (QED) is 0.720. The minimum Gasteiger partial charge on any atom is -0.448 e. The van der Waals surface area contributed by atoms with Crippen molar-refractivity contribution >= 4 is 33.0 Å². The van der Waals surface area contributed by atoms with Crippen molar-refractivity contribution in [3.63, 3.8) is 0 Å². The number of rotatable bonds is 6. The van der Waals surface area contributed by atoms with E-state index in [2.05, 4.69) is 10.0 Å². The van der Waals surface area contributed by atoms with Gasteiger partial charge in [-0.1, -0.05) is 19.9 Å². The van der Waals surface area contributed by atoms with Crippen LogP contribution in [0, 0.1) is 5.92 Å². The lowest BCUT2D eigenvalue weighted by atomic mass is 10.0. The van der Waals surface area contributed by atoms with Crippen LogP contribution in [0.1, 0.15) is 39.5 Å². The molecule has 29 heavy (non-hydrogen) atoms. The van der Waals surface area contributed by atoms with Crippen LogP contribution in [0.15, 0.2) is 39.9 Å². The number of anilines is 1. The van der Waals surface area contributed by atoms with E-state index in [4.69, 9.17) is 9.47 Å². The van der Waals surface area contributed by atoms with Crippen molar-refractivity contribution in [3.8, 4) is 11.5 Å². The van der Waals surface area contributed by atoms with Crippen LogP contribution in [0.2, 0.25) is 0 Å². The highest BCUT2D eigenvalue weighted by molar-refractivity contribution is 7.91. The van der Waals surface area contributed by atoms with E-state index in [9.17, 15) is 13.2 Å². The van der Waals surface area contributed by atoms with E-state index >= 15 is 0 Å². The summed E-state index contributed by atoms with van der Waals surface area (Å²) in [6, 6.07) is 7.50. The molecule has 1 amide bonds. The van der Waals surface area contributed by atoms with Gasteiger partial charge in [0, 0.05) is 24.6 Å². The van der Waals surface area contributed by atoms with Gasteiger partial charge in [-0.05, 0) is 42.3 Å². The summed E-state index contributed by atoms with van der Waals surface area (Å²) < 4.78 is 39.8. The maximum atomic E-state index is 12.8. The maximum Gasteiger partial charge on any atom is 0.251 e. The van der Waals surface area contributed by atoms with Crippen LogP contribution in [-0.4, -0.2) is 26.2 Å². The fourth-order valence-corrected chi connectivity index (χ4v) is 6.00. The Labute approximate surface area is 174 Å².